The summed E-state index contributed by atoms with van der Waals surface area (Å²) in [6, 6.07) is 0.288. The van der Waals surface area contributed by atoms with E-state index in [4.69, 9.17) is 5.11 Å². The second-order valence-corrected chi connectivity index (χ2v) is 5.26. The minimum Gasteiger partial charge on any atom is -0.390 e. The first-order valence-electron chi connectivity index (χ1n) is 6.03. The molecule has 7 heteroatoms. The maximum Gasteiger partial charge on any atom is 0.232 e. The molecular weight excluding hydrogens is 252 g/mol. The van der Waals surface area contributed by atoms with Gasteiger partial charge in [-0.3, -0.25) is 4.79 Å². The number of hydrogen-bond donors (Lipinski definition) is 1. The fraction of sp³-hybridized carbons (Fsp3) is 0.727. The minimum absolute atomic E-state index is 0.0783. The van der Waals surface area contributed by atoms with Crippen molar-refractivity contribution in [1.29, 1.82) is 0 Å². The predicted octanol–water partition coefficient (Wildman–Crippen LogP) is 0.297. The van der Waals surface area contributed by atoms with Crippen molar-refractivity contribution in [2.45, 2.75) is 25.5 Å². The largest absolute Gasteiger partial charge is 0.390 e. The van der Waals surface area contributed by atoms with Crippen LogP contribution in [0.1, 0.15) is 24.6 Å². The molecule has 0 atom stereocenters. The molecule has 0 aromatic carbocycles. The number of aliphatic hydroxyl groups excluding tert-OH is 1. The summed E-state index contributed by atoms with van der Waals surface area (Å²) in [5.74, 6) is 0.776. The van der Waals surface area contributed by atoms with Crippen molar-refractivity contribution in [3.05, 3.63) is 11.9 Å². The lowest BCUT2D eigenvalue weighted by Gasteiger charge is -2.31. The summed E-state index contributed by atoms with van der Waals surface area (Å²) in [5, 5.41) is 16.8. The fourth-order valence-corrected chi connectivity index (χ4v) is 2.59. The van der Waals surface area contributed by atoms with Crippen LogP contribution in [0.25, 0.3) is 0 Å². The highest BCUT2D eigenvalue weighted by Crippen LogP contribution is 2.22. The van der Waals surface area contributed by atoms with Gasteiger partial charge in [0.1, 0.15) is 5.69 Å². The van der Waals surface area contributed by atoms with Crippen molar-refractivity contribution < 1.29 is 9.90 Å². The zero-order valence-electron chi connectivity index (χ0n) is 10.4. The molecule has 1 fully saturated rings. The zero-order chi connectivity index (χ0) is 13.0. The molecule has 1 amide bonds. The number of carbonyl (C=O) groups excluding carboxylic acids is 1. The third-order valence-electron chi connectivity index (χ3n) is 3.18. The quantitative estimate of drug-likeness (QED) is 0.852. The molecule has 100 valence electrons. The van der Waals surface area contributed by atoms with Crippen LogP contribution in [0, 0.1) is 0 Å². The lowest BCUT2D eigenvalue weighted by atomic mass is 10.1. The van der Waals surface area contributed by atoms with Crippen molar-refractivity contribution in [2.24, 2.45) is 0 Å². The van der Waals surface area contributed by atoms with Crippen molar-refractivity contribution in [1.82, 2.24) is 19.9 Å². The molecule has 0 saturated carbocycles. The van der Waals surface area contributed by atoms with Gasteiger partial charge in [0.05, 0.1) is 24.6 Å². The van der Waals surface area contributed by atoms with Crippen LogP contribution < -0.4 is 0 Å². The molecule has 0 aliphatic carbocycles. The molecule has 1 N–H and O–H groups in total. The van der Waals surface area contributed by atoms with Crippen LogP contribution in [0.15, 0.2) is 6.20 Å². The van der Waals surface area contributed by atoms with Gasteiger partial charge in [-0.05, 0) is 19.1 Å². The van der Waals surface area contributed by atoms with Crippen molar-refractivity contribution in [3.63, 3.8) is 0 Å². The fourth-order valence-electron chi connectivity index (χ4n) is 2.16. The second-order valence-electron chi connectivity index (χ2n) is 4.39. The average molecular weight is 270 g/mol. The molecule has 6 nitrogen and oxygen atoms in total. The Hall–Kier alpha value is -1.08. The topological polar surface area (TPSA) is 71.2 Å². The summed E-state index contributed by atoms with van der Waals surface area (Å²) in [6.07, 6.45) is 5.52. The summed E-state index contributed by atoms with van der Waals surface area (Å²) in [4.78, 5) is 13.6. The van der Waals surface area contributed by atoms with Gasteiger partial charge in [0.25, 0.3) is 0 Å². The Morgan fingerprint density at radius 2 is 2.28 bits per heavy atom. The molecule has 1 aromatic rings. The summed E-state index contributed by atoms with van der Waals surface area (Å²) < 4.78 is 1.81. The Bertz CT molecular complexity index is 402. The predicted molar refractivity (Wildman–Crippen MR) is 69.2 cm³/mol. The monoisotopic (exact) mass is 270 g/mol. The van der Waals surface area contributed by atoms with Gasteiger partial charge >= 0.3 is 0 Å². The lowest BCUT2D eigenvalue weighted by molar-refractivity contribution is -0.129. The van der Waals surface area contributed by atoms with Gasteiger partial charge in [0.15, 0.2) is 0 Å². The first-order chi connectivity index (χ1) is 8.74. The SMILES string of the molecule is CSCC(=O)N1CCC(n2cc(CO)nn2)CC1. The van der Waals surface area contributed by atoms with E-state index in [1.807, 2.05) is 15.8 Å². The van der Waals surface area contributed by atoms with E-state index in [9.17, 15) is 4.79 Å². The Balaban J connectivity index is 1.88. The first-order valence-corrected chi connectivity index (χ1v) is 7.42. The van der Waals surface area contributed by atoms with Gasteiger partial charge in [-0.2, -0.15) is 11.8 Å². The van der Waals surface area contributed by atoms with E-state index >= 15 is 0 Å². The van der Waals surface area contributed by atoms with Crippen molar-refractivity contribution in [2.75, 3.05) is 25.1 Å². The van der Waals surface area contributed by atoms with Crippen LogP contribution in [0.2, 0.25) is 0 Å². The van der Waals surface area contributed by atoms with Crippen LogP contribution in [0.3, 0.4) is 0 Å². The van der Waals surface area contributed by atoms with Crippen molar-refractivity contribution in [3.8, 4) is 0 Å². The van der Waals surface area contributed by atoms with E-state index in [1.165, 1.54) is 0 Å². The number of piperidine rings is 1. The molecule has 2 heterocycles. The first kappa shape index (κ1) is 13.4. The average Bonchev–Trinajstić information content (AvgIpc) is 2.88. The highest BCUT2D eigenvalue weighted by molar-refractivity contribution is 7.99. The molecule has 0 bridgehead atoms. The number of carbonyl (C=O) groups is 1. The van der Waals surface area contributed by atoms with Crippen LogP contribution in [0.5, 0.6) is 0 Å². The summed E-state index contributed by atoms with van der Waals surface area (Å²) in [7, 11) is 0. The Morgan fingerprint density at radius 1 is 1.56 bits per heavy atom. The molecule has 0 unspecified atom stereocenters. The Kier molecular flexibility index (Phi) is 4.60. The van der Waals surface area contributed by atoms with Gasteiger partial charge in [-0.15, -0.1) is 5.10 Å². The van der Waals surface area contributed by atoms with Gasteiger partial charge in [-0.1, -0.05) is 5.21 Å². The molecule has 1 aliphatic rings. The van der Waals surface area contributed by atoms with Crippen LogP contribution >= 0.6 is 11.8 Å². The van der Waals surface area contributed by atoms with E-state index in [0.29, 0.717) is 11.4 Å². The molecule has 18 heavy (non-hydrogen) atoms. The number of nitrogens with zero attached hydrogens (tertiary/aromatic N) is 4. The van der Waals surface area contributed by atoms with Gasteiger partial charge in [0, 0.05) is 13.1 Å². The molecule has 0 spiro atoms. The molecule has 2 rings (SSSR count). The third-order valence-corrected chi connectivity index (χ3v) is 3.71. The lowest BCUT2D eigenvalue weighted by Crippen LogP contribution is -2.40. The number of hydrogen-bond acceptors (Lipinski definition) is 5. The van der Waals surface area contributed by atoms with E-state index in [2.05, 4.69) is 10.3 Å². The Labute approximate surface area is 110 Å². The highest BCUT2D eigenvalue weighted by Gasteiger charge is 2.24. The molecular formula is C11H18N4O2S. The minimum atomic E-state index is -0.0783. The molecule has 1 aliphatic heterocycles. The van der Waals surface area contributed by atoms with Crippen LogP contribution in [-0.2, 0) is 11.4 Å². The van der Waals surface area contributed by atoms with E-state index in [0.717, 1.165) is 25.9 Å². The van der Waals surface area contributed by atoms with E-state index < -0.39 is 0 Å². The normalized spacial score (nSPS) is 17.1. The van der Waals surface area contributed by atoms with Gasteiger partial charge < -0.3 is 10.0 Å². The van der Waals surface area contributed by atoms with Gasteiger partial charge in [-0.25, -0.2) is 4.68 Å². The van der Waals surface area contributed by atoms with E-state index in [-0.39, 0.29) is 18.6 Å². The molecule has 0 radical (unpaired) electrons. The molecule has 1 saturated heterocycles. The standard InChI is InChI=1S/C11H18N4O2S/c1-18-8-11(17)14-4-2-10(3-5-14)15-6-9(7-16)12-13-15/h6,10,16H,2-5,7-8H2,1H3. The molecule has 1 aromatic heterocycles. The van der Waals surface area contributed by atoms with Gasteiger partial charge in [0.2, 0.25) is 5.91 Å². The zero-order valence-corrected chi connectivity index (χ0v) is 11.3. The van der Waals surface area contributed by atoms with Crippen molar-refractivity contribution >= 4 is 17.7 Å². The third kappa shape index (κ3) is 3.02. The second kappa shape index (κ2) is 6.19. The number of rotatable bonds is 4. The van der Waals surface area contributed by atoms with Crippen LogP contribution in [0.4, 0.5) is 0 Å². The summed E-state index contributed by atoms with van der Waals surface area (Å²) in [5.41, 5.74) is 0.593. The summed E-state index contributed by atoms with van der Waals surface area (Å²) >= 11 is 1.56. The maximum atomic E-state index is 11.7. The number of thioether (sulfide) groups is 1. The number of aliphatic hydroxyl groups is 1. The van der Waals surface area contributed by atoms with E-state index in [1.54, 1.807) is 18.0 Å². The Morgan fingerprint density at radius 3 is 2.83 bits per heavy atom. The maximum absolute atomic E-state index is 11.7. The number of aromatic nitrogens is 3. The number of likely N-dealkylation sites (tertiary alicyclic amines) is 1. The van der Waals surface area contributed by atoms with Crippen LogP contribution in [-0.4, -0.2) is 56.0 Å². The summed E-state index contributed by atoms with van der Waals surface area (Å²) in [6.45, 7) is 1.47. The number of amides is 1. The smallest absolute Gasteiger partial charge is 0.232 e. The highest BCUT2D eigenvalue weighted by atomic mass is 32.2.